The van der Waals surface area contributed by atoms with Crippen molar-refractivity contribution in [2.45, 2.75) is 71.8 Å². The van der Waals surface area contributed by atoms with Gasteiger partial charge in [0.05, 0.1) is 19.9 Å². The minimum Gasteiger partial charge on any atom is -0.379 e. The van der Waals surface area contributed by atoms with Crippen LogP contribution in [0.25, 0.3) is 0 Å². The number of amides is 3. The van der Waals surface area contributed by atoms with E-state index in [4.69, 9.17) is 4.74 Å². The molecule has 2 heterocycles. The number of morpholine rings is 1. The van der Waals surface area contributed by atoms with Crippen LogP contribution in [-0.4, -0.2) is 60.2 Å². The van der Waals surface area contributed by atoms with Gasteiger partial charge in [0.25, 0.3) is 5.91 Å². The van der Waals surface area contributed by atoms with Crippen LogP contribution in [0.5, 0.6) is 0 Å². The molecule has 0 spiro atoms. The second-order valence-corrected chi connectivity index (χ2v) is 11.1. The predicted molar refractivity (Wildman–Crippen MR) is 117 cm³/mol. The maximum atomic E-state index is 14.1. The van der Waals surface area contributed by atoms with Gasteiger partial charge in [-0.1, -0.05) is 27.7 Å². The van der Waals surface area contributed by atoms with Crippen molar-refractivity contribution < 1.29 is 14.3 Å². The van der Waals surface area contributed by atoms with Crippen LogP contribution in [0.1, 0.15) is 66.2 Å². The molecule has 1 N–H and O–H groups in total. The zero-order chi connectivity index (χ0) is 21.5. The van der Waals surface area contributed by atoms with E-state index in [-0.39, 0.29) is 23.8 Å². The van der Waals surface area contributed by atoms with Gasteiger partial charge < -0.3 is 10.1 Å². The van der Waals surface area contributed by atoms with Gasteiger partial charge in [-0.2, -0.15) is 0 Å². The zero-order valence-electron chi connectivity index (χ0n) is 19.4. The lowest BCUT2D eigenvalue weighted by atomic mass is 9.59. The minimum absolute atomic E-state index is 0.0524. The Morgan fingerprint density at radius 2 is 1.30 bits per heavy atom. The van der Waals surface area contributed by atoms with E-state index in [1.54, 1.807) is 0 Å². The average molecular weight is 420 g/mol. The summed E-state index contributed by atoms with van der Waals surface area (Å²) in [5, 5.41) is 3.36. The van der Waals surface area contributed by atoms with Gasteiger partial charge in [-0.15, -0.1) is 0 Å². The number of imide groups is 1. The molecular formula is C24H41N3O3. The number of carbonyl (C=O) groups is 2. The first kappa shape index (κ1) is 22.1. The molecule has 2 saturated heterocycles. The summed E-state index contributed by atoms with van der Waals surface area (Å²) in [6, 6.07) is -0.178. The number of hydrogen-bond donors (Lipinski definition) is 1. The third-order valence-electron chi connectivity index (χ3n) is 8.25. The highest BCUT2D eigenvalue weighted by molar-refractivity contribution is 6.07. The second kappa shape index (κ2) is 8.78. The molecule has 0 radical (unpaired) electrons. The summed E-state index contributed by atoms with van der Waals surface area (Å²) in [6.07, 6.45) is 6.62. The van der Waals surface area contributed by atoms with Crippen LogP contribution in [0.4, 0.5) is 4.79 Å². The molecule has 30 heavy (non-hydrogen) atoms. The molecule has 0 bridgehead atoms. The van der Waals surface area contributed by atoms with Crippen molar-refractivity contribution in [3.63, 3.8) is 0 Å². The van der Waals surface area contributed by atoms with Crippen LogP contribution in [0.15, 0.2) is 0 Å². The molecule has 3 amide bonds. The molecule has 4 aliphatic rings. The van der Waals surface area contributed by atoms with E-state index in [1.807, 2.05) is 0 Å². The topological polar surface area (TPSA) is 61.9 Å². The van der Waals surface area contributed by atoms with Crippen LogP contribution in [0.2, 0.25) is 0 Å². The highest BCUT2D eigenvalue weighted by atomic mass is 16.5. The van der Waals surface area contributed by atoms with Gasteiger partial charge in [-0.3, -0.25) is 9.69 Å². The number of nitrogens with one attached hydrogen (secondary N) is 1. The van der Waals surface area contributed by atoms with E-state index < -0.39 is 5.54 Å². The number of ether oxygens (including phenoxy) is 1. The van der Waals surface area contributed by atoms with Crippen molar-refractivity contribution in [1.29, 1.82) is 0 Å². The fraction of sp³-hybridized carbons (Fsp3) is 0.917. The van der Waals surface area contributed by atoms with E-state index in [0.717, 1.165) is 38.8 Å². The number of urea groups is 1. The normalized spacial score (nSPS) is 43.7. The summed E-state index contributed by atoms with van der Waals surface area (Å²) < 4.78 is 5.45. The van der Waals surface area contributed by atoms with Gasteiger partial charge in [0.15, 0.2) is 0 Å². The van der Waals surface area contributed by atoms with Gasteiger partial charge >= 0.3 is 6.03 Å². The van der Waals surface area contributed by atoms with Crippen molar-refractivity contribution in [2.24, 2.45) is 35.5 Å². The summed E-state index contributed by atoms with van der Waals surface area (Å²) in [7, 11) is 0. The van der Waals surface area contributed by atoms with Gasteiger partial charge in [0.2, 0.25) is 0 Å². The smallest absolute Gasteiger partial charge is 0.326 e. The van der Waals surface area contributed by atoms with Crippen LogP contribution in [0.3, 0.4) is 0 Å². The third kappa shape index (κ3) is 4.14. The Bertz CT molecular complexity index is 602. The average Bonchev–Trinajstić information content (AvgIpc) is 2.93. The first-order chi connectivity index (χ1) is 14.3. The van der Waals surface area contributed by atoms with Gasteiger partial charge in [-0.05, 0) is 74.0 Å². The van der Waals surface area contributed by atoms with E-state index in [0.29, 0.717) is 43.6 Å². The fourth-order valence-electron chi connectivity index (χ4n) is 7.21. The Hall–Kier alpha value is -1.14. The molecular weight excluding hydrogens is 378 g/mol. The molecule has 0 aromatic heterocycles. The minimum atomic E-state index is -0.713. The van der Waals surface area contributed by atoms with E-state index >= 15 is 0 Å². The largest absolute Gasteiger partial charge is 0.379 e. The highest BCUT2D eigenvalue weighted by Crippen LogP contribution is 2.50. The Morgan fingerprint density at radius 1 is 0.833 bits per heavy atom. The molecule has 2 aliphatic carbocycles. The molecule has 4 fully saturated rings. The molecule has 170 valence electrons. The highest BCUT2D eigenvalue weighted by Gasteiger charge is 2.61. The first-order valence-corrected chi connectivity index (χ1v) is 12.2. The Labute approximate surface area is 182 Å². The van der Waals surface area contributed by atoms with Crippen LogP contribution >= 0.6 is 0 Å². The third-order valence-corrected chi connectivity index (χ3v) is 8.25. The maximum Gasteiger partial charge on any atom is 0.326 e. The van der Waals surface area contributed by atoms with Crippen molar-refractivity contribution in [3.05, 3.63) is 0 Å². The number of carbonyl (C=O) groups excluding carboxylic acids is 2. The summed E-state index contributed by atoms with van der Waals surface area (Å²) in [5.74, 6) is 2.95. The van der Waals surface area contributed by atoms with Crippen LogP contribution in [-0.2, 0) is 9.53 Å². The number of nitrogens with zero attached hydrogens (tertiary/aromatic N) is 2. The SMILES string of the molecule is CC1CC(C)CC(C2(C3CC(C)CC(C)C3)NC(=O)N(CN3CCOCC3)C2=O)C1. The van der Waals surface area contributed by atoms with Gasteiger partial charge in [0.1, 0.15) is 5.54 Å². The van der Waals surface area contributed by atoms with Gasteiger partial charge in [-0.25, -0.2) is 9.69 Å². The Morgan fingerprint density at radius 3 is 1.77 bits per heavy atom. The summed E-state index contributed by atoms with van der Waals surface area (Å²) in [5.41, 5.74) is -0.713. The van der Waals surface area contributed by atoms with Gasteiger partial charge in [0, 0.05) is 13.1 Å². The molecule has 0 aromatic rings. The summed E-state index contributed by atoms with van der Waals surface area (Å²) >= 11 is 0. The maximum absolute atomic E-state index is 14.1. The number of rotatable bonds is 4. The molecule has 6 nitrogen and oxygen atoms in total. The molecule has 0 aromatic carbocycles. The first-order valence-electron chi connectivity index (χ1n) is 12.2. The standard InChI is InChI=1S/C24H41N3O3/c1-16-9-17(2)12-20(11-16)24(21-13-18(3)10-19(4)14-21)22(28)27(23(29)25-24)15-26-5-7-30-8-6-26/h16-21H,5-15H2,1-4H3,(H,25,29). The lowest BCUT2D eigenvalue weighted by Gasteiger charge is -2.49. The lowest BCUT2D eigenvalue weighted by molar-refractivity contribution is -0.140. The second-order valence-electron chi connectivity index (χ2n) is 11.1. The molecule has 2 aliphatic heterocycles. The molecule has 6 heteroatoms. The van der Waals surface area contributed by atoms with Crippen molar-refractivity contribution in [1.82, 2.24) is 15.1 Å². The lowest BCUT2D eigenvalue weighted by Crippen LogP contribution is -2.61. The van der Waals surface area contributed by atoms with E-state index in [2.05, 4.69) is 37.9 Å². The molecule has 4 rings (SSSR count). The summed E-state index contributed by atoms with van der Waals surface area (Å²) in [6.45, 7) is 12.5. The molecule has 4 unspecified atom stereocenters. The summed E-state index contributed by atoms with van der Waals surface area (Å²) in [4.78, 5) is 31.0. The fourth-order valence-corrected chi connectivity index (χ4v) is 7.21. The van der Waals surface area contributed by atoms with Crippen molar-refractivity contribution in [3.8, 4) is 0 Å². The molecule has 2 saturated carbocycles. The van der Waals surface area contributed by atoms with Crippen LogP contribution in [0, 0.1) is 35.5 Å². The Kier molecular flexibility index (Phi) is 6.45. The van der Waals surface area contributed by atoms with Crippen molar-refractivity contribution >= 4 is 11.9 Å². The predicted octanol–water partition coefficient (Wildman–Crippen LogP) is 3.71. The monoisotopic (exact) mass is 419 g/mol. The number of hydrogen-bond acceptors (Lipinski definition) is 4. The zero-order valence-corrected chi connectivity index (χ0v) is 19.4. The van der Waals surface area contributed by atoms with Crippen molar-refractivity contribution in [2.75, 3.05) is 33.0 Å². The molecule has 4 atom stereocenters. The van der Waals surface area contributed by atoms with Crippen LogP contribution < -0.4 is 5.32 Å². The van der Waals surface area contributed by atoms with E-state index in [1.165, 1.54) is 17.7 Å². The van der Waals surface area contributed by atoms with E-state index in [9.17, 15) is 9.59 Å². The Balaban J connectivity index is 1.64. The quantitative estimate of drug-likeness (QED) is 0.706.